The zero-order valence-corrected chi connectivity index (χ0v) is 15.7. The van der Waals surface area contributed by atoms with E-state index in [1.807, 2.05) is 12.1 Å². The minimum absolute atomic E-state index is 0.165. The average molecular weight is 384 g/mol. The molecule has 0 aliphatic carbocycles. The van der Waals surface area contributed by atoms with Crippen LogP contribution in [0.2, 0.25) is 0 Å². The number of terminal acetylenes is 1. The predicted octanol–water partition coefficient (Wildman–Crippen LogP) is 3.08. The maximum Gasteiger partial charge on any atom is 0.281 e. The molecule has 0 unspecified atom stereocenters. The SMILES string of the molecule is C#CCOc1cccc(/C=N\NC(=O)C(O)(c2ccccc2)c2ccccc2)c1. The Morgan fingerprint density at radius 2 is 1.66 bits per heavy atom. The van der Waals surface area contributed by atoms with Gasteiger partial charge in [0.1, 0.15) is 12.4 Å². The number of benzene rings is 3. The number of nitrogens with zero attached hydrogens (tertiary/aromatic N) is 1. The van der Waals surface area contributed by atoms with Gasteiger partial charge in [-0.2, -0.15) is 5.10 Å². The van der Waals surface area contributed by atoms with E-state index in [0.717, 1.165) is 0 Å². The minimum atomic E-state index is -1.88. The molecule has 0 heterocycles. The fourth-order valence-electron chi connectivity index (χ4n) is 2.84. The fraction of sp³-hybridized carbons (Fsp3) is 0.0833. The highest BCUT2D eigenvalue weighted by Crippen LogP contribution is 2.29. The number of rotatable bonds is 7. The van der Waals surface area contributed by atoms with Gasteiger partial charge in [0.15, 0.2) is 5.60 Å². The first-order valence-corrected chi connectivity index (χ1v) is 8.98. The molecule has 0 spiro atoms. The van der Waals surface area contributed by atoms with Crippen LogP contribution >= 0.6 is 0 Å². The van der Waals surface area contributed by atoms with Crippen molar-refractivity contribution in [1.29, 1.82) is 0 Å². The Labute approximate surface area is 169 Å². The van der Waals surface area contributed by atoms with Crippen LogP contribution in [0.3, 0.4) is 0 Å². The molecule has 0 bridgehead atoms. The van der Waals surface area contributed by atoms with Crippen molar-refractivity contribution in [2.75, 3.05) is 6.61 Å². The maximum atomic E-state index is 12.9. The predicted molar refractivity (Wildman–Crippen MR) is 112 cm³/mol. The van der Waals surface area contributed by atoms with Gasteiger partial charge in [0, 0.05) is 0 Å². The number of carbonyl (C=O) groups excluding carboxylic acids is 1. The molecule has 0 aliphatic heterocycles. The monoisotopic (exact) mass is 384 g/mol. The largest absolute Gasteiger partial charge is 0.481 e. The molecule has 144 valence electrons. The summed E-state index contributed by atoms with van der Waals surface area (Å²) in [5, 5.41) is 15.3. The standard InChI is InChI=1S/C24H20N2O3/c1-2-16-29-22-15-9-10-19(17-22)18-25-26-23(27)24(28,20-11-5-3-6-12-20)21-13-7-4-8-14-21/h1,3-15,17-18,28H,16H2,(H,26,27)/b25-18-. The molecule has 2 N–H and O–H groups in total. The zero-order chi connectivity index (χ0) is 20.5. The molecule has 5 nitrogen and oxygen atoms in total. The molecule has 3 aromatic rings. The third-order valence-electron chi connectivity index (χ3n) is 4.27. The van der Waals surface area contributed by atoms with Crippen LogP contribution in [0.15, 0.2) is 90.0 Å². The molecular formula is C24H20N2O3. The summed E-state index contributed by atoms with van der Waals surface area (Å²) in [5.41, 5.74) is 2.17. The first-order valence-electron chi connectivity index (χ1n) is 8.98. The Kier molecular flexibility index (Phi) is 6.41. The third-order valence-corrected chi connectivity index (χ3v) is 4.27. The second kappa shape index (κ2) is 9.36. The average Bonchev–Trinajstić information content (AvgIpc) is 2.78. The third kappa shape index (κ3) is 4.70. The van der Waals surface area contributed by atoms with Crippen molar-refractivity contribution in [3.8, 4) is 18.1 Å². The van der Waals surface area contributed by atoms with Crippen LogP contribution in [-0.4, -0.2) is 23.8 Å². The molecule has 0 aromatic heterocycles. The molecule has 0 atom stereocenters. The zero-order valence-electron chi connectivity index (χ0n) is 15.7. The van der Waals surface area contributed by atoms with E-state index in [1.165, 1.54) is 6.21 Å². The van der Waals surface area contributed by atoms with E-state index in [2.05, 4.69) is 16.4 Å². The fourth-order valence-corrected chi connectivity index (χ4v) is 2.84. The second-order valence-corrected chi connectivity index (χ2v) is 6.21. The van der Waals surface area contributed by atoms with Gasteiger partial charge in [-0.05, 0) is 28.8 Å². The van der Waals surface area contributed by atoms with E-state index in [4.69, 9.17) is 11.2 Å². The summed E-state index contributed by atoms with van der Waals surface area (Å²) < 4.78 is 5.37. The topological polar surface area (TPSA) is 70.9 Å². The number of amides is 1. The van der Waals surface area contributed by atoms with E-state index in [-0.39, 0.29) is 6.61 Å². The quantitative estimate of drug-likeness (QED) is 0.374. The summed E-state index contributed by atoms with van der Waals surface area (Å²) in [5.74, 6) is 2.34. The highest BCUT2D eigenvalue weighted by molar-refractivity contribution is 5.91. The van der Waals surface area contributed by atoms with Crippen molar-refractivity contribution in [2.45, 2.75) is 5.60 Å². The number of aliphatic hydroxyl groups is 1. The van der Waals surface area contributed by atoms with Crippen LogP contribution in [0.4, 0.5) is 0 Å². The number of hydrazone groups is 1. The molecular weight excluding hydrogens is 364 g/mol. The van der Waals surface area contributed by atoms with E-state index in [1.54, 1.807) is 72.8 Å². The van der Waals surface area contributed by atoms with Crippen molar-refractivity contribution >= 4 is 12.1 Å². The van der Waals surface area contributed by atoms with Crippen molar-refractivity contribution in [3.05, 3.63) is 102 Å². The van der Waals surface area contributed by atoms with Crippen LogP contribution in [0.5, 0.6) is 5.75 Å². The van der Waals surface area contributed by atoms with Gasteiger partial charge in [-0.15, -0.1) is 6.42 Å². The van der Waals surface area contributed by atoms with Crippen molar-refractivity contribution in [2.24, 2.45) is 5.10 Å². The normalized spacial score (nSPS) is 11.0. The molecule has 0 fully saturated rings. The molecule has 29 heavy (non-hydrogen) atoms. The van der Waals surface area contributed by atoms with Crippen LogP contribution in [0.1, 0.15) is 16.7 Å². The highest BCUT2D eigenvalue weighted by Gasteiger charge is 2.39. The lowest BCUT2D eigenvalue weighted by Crippen LogP contribution is -2.43. The van der Waals surface area contributed by atoms with Crippen molar-refractivity contribution in [1.82, 2.24) is 5.43 Å². The molecule has 5 heteroatoms. The van der Waals surface area contributed by atoms with E-state index in [9.17, 15) is 9.90 Å². The lowest BCUT2D eigenvalue weighted by atomic mass is 9.85. The first-order chi connectivity index (χ1) is 14.1. The van der Waals surface area contributed by atoms with Gasteiger partial charge in [0.25, 0.3) is 5.91 Å². The molecule has 0 aliphatic rings. The summed E-state index contributed by atoms with van der Waals surface area (Å²) >= 11 is 0. The Balaban J connectivity index is 1.81. The van der Waals surface area contributed by atoms with Crippen LogP contribution in [-0.2, 0) is 10.4 Å². The summed E-state index contributed by atoms with van der Waals surface area (Å²) in [7, 11) is 0. The summed E-state index contributed by atoms with van der Waals surface area (Å²) in [6.45, 7) is 0.165. The van der Waals surface area contributed by atoms with E-state index < -0.39 is 11.5 Å². The van der Waals surface area contributed by atoms with Crippen LogP contribution in [0, 0.1) is 12.3 Å². The first kappa shape index (κ1) is 19.9. The maximum absolute atomic E-state index is 12.9. The van der Waals surface area contributed by atoms with Gasteiger partial charge in [0.2, 0.25) is 0 Å². The lowest BCUT2D eigenvalue weighted by Gasteiger charge is -2.27. The number of hydrogen-bond acceptors (Lipinski definition) is 4. The number of ether oxygens (including phenoxy) is 1. The van der Waals surface area contributed by atoms with Gasteiger partial charge in [-0.1, -0.05) is 78.7 Å². The van der Waals surface area contributed by atoms with Gasteiger partial charge >= 0.3 is 0 Å². The Hall–Kier alpha value is -3.88. The summed E-state index contributed by atoms with van der Waals surface area (Å²) in [6, 6.07) is 24.6. The molecule has 0 radical (unpaired) electrons. The molecule has 3 aromatic carbocycles. The highest BCUT2D eigenvalue weighted by atomic mass is 16.5. The Morgan fingerprint density at radius 3 is 2.24 bits per heavy atom. The molecule has 1 amide bonds. The van der Waals surface area contributed by atoms with E-state index in [0.29, 0.717) is 22.4 Å². The lowest BCUT2D eigenvalue weighted by molar-refractivity contribution is -0.136. The van der Waals surface area contributed by atoms with Crippen LogP contribution in [0.25, 0.3) is 0 Å². The smallest absolute Gasteiger partial charge is 0.281 e. The summed E-state index contributed by atoms with van der Waals surface area (Å²) in [4.78, 5) is 12.9. The van der Waals surface area contributed by atoms with E-state index >= 15 is 0 Å². The Morgan fingerprint density at radius 1 is 1.03 bits per heavy atom. The molecule has 0 saturated carbocycles. The summed E-state index contributed by atoms with van der Waals surface area (Å²) in [6.07, 6.45) is 6.66. The minimum Gasteiger partial charge on any atom is -0.481 e. The van der Waals surface area contributed by atoms with Crippen molar-refractivity contribution < 1.29 is 14.6 Å². The second-order valence-electron chi connectivity index (χ2n) is 6.21. The number of nitrogens with one attached hydrogen (secondary N) is 1. The van der Waals surface area contributed by atoms with Crippen molar-refractivity contribution in [3.63, 3.8) is 0 Å². The molecule has 0 saturated heterocycles. The van der Waals surface area contributed by atoms with Gasteiger partial charge in [0.05, 0.1) is 6.21 Å². The van der Waals surface area contributed by atoms with Gasteiger partial charge in [-0.25, -0.2) is 5.43 Å². The number of hydrogen-bond donors (Lipinski definition) is 2. The molecule has 3 rings (SSSR count). The van der Waals surface area contributed by atoms with Gasteiger partial charge < -0.3 is 9.84 Å². The van der Waals surface area contributed by atoms with Gasteiger partial charge in [-0.3, -0.25) is 4.79 Å². The Bertz CT molecular complexity index is 985. The van der Waals surface area contributed by atoms with Crippen LogP contribution < -0.4 is 10.2 Å². The number of carbonyl (C=O) groups is 1.